The van der Waals surface area contributed by atoms with Gasteiger partial charge in [-0.25, -0.2) is 0 Å². The lowest BCUT2D eigenvalue weighted by molar-refractivity contribution is -0.132. The van der Waals surface area contributed by atoms with Crippen LogP contribution in [0.25, 0.3) is 0 Å². The van der Waals surface area contributed by atoms with E-state index in [0.29, 0.717) is 42.5 Å². The number of amides is 2. The van der Waals surface area contributed by atoms with Gasteiger partial charge in [-0.1, -0.05) is 12.5 Å². The number of carbonyl (C=O) groups excluding carboxylic acids is 2. The molecule has 0 radical (unpaired) electrons. The van der Waals surface area contributed by atoms with Gasteiger partial charge < -0.3 is 24.0 Å². The van der Waals surface area contributed by atoms with Crippen molar-refractivity contribution in [1.82, 2.24) is 9.80 Å². The molecule has 7 heteroatoms. The Labute approximate surface area is 178 Å². The number of hydrogen-bond acceptors (Lipinski definition) is 5. The maximum absolute atomic E-state index is 13.6. The summed E-state index contributed by atoms with van der Waals surface area (Å²) in [5.41, 5.74) is 0.515. The summed E-state index contributed by atoms with van der Waals surface area (Å²) in [5, 5.41) is 0. The van der Waals surface area contributed by atoms with Crippen molar-refractivity contribution in [3.05, 3.63) is 23.8 Å². The Morgan fingerprint density at radius 1 is 1.10 bits per heavy atom. The van der Waals surface area contributed by atoms with E-state index in [1.54, 1.807) is 26.4 Å². The molecule has 1 aromatic rings. The second-order valence-corrected chi connectivity index (χ2v) is 8.50. The van der Waals surface area contributed by atoms with E-state index in [1.807, 2.05) is 15.9 Å². The van der Waals surface area contributed by atoms with Crippen molar-refractivity contribution < 1.29 is 23.8 Å². The monoisotopic (exact) mass is 416 g/mol. The van der Waals surface area contributed by atoms with Crippen molar-refractivity contribution in [2.45, 2.75) is 50.7 Å². The molecule has 0 saturated carbocycles. The van der Waals surface area contributed by atoms with Gasteiger partial charge in [0.05, 0.1) is 38.3 Å². The van der Waals surface area contributed by atoms with Crippen LogP contribution in [-0.2, 0) is 9.53 Å². The second kappa shape index (κ2) is 9.25. The molecule has 0 aliphatic carbocycles. The third-order valence-corrected chi connectivity index (χ3v) is 6.70. The Kier molecular flexibility index (Phi) is 6.46. The number of methoxy groups -OCH3 is 2. The van der Waals surface area contributed by atoms with E-state index in [9.17, 15) is 9.59 Å². The van der Waals surface area contributed by atoms with Crippen LogP contribution in [-0.4, -0.2) is 74.2 Å². The highest BCUT2D eigenvalue weighted by Gasteiger charge is 2.42. The highest BCUT2D eigenvalue weighted by atomic mass is 16.5. The summed E-state index contributed by atoms with van der Waals surface area (Å²) in [4.78, 5) is 30.3. The number of carbonyl (C=O) groups is 2. The molecule has 3 atom stereocenters. The summed E-state index contributed by atoms with van der Waals surface area (Å²) < 4.78 is 16.5. The third kappa shape index (κ3) is 4.13. The molecular weight excluding hydrogens is 384 g/mol. The molecule has 0 unspecified atom stereocenters. The predicted molar refractivity (Wildman–Crippen MR) is 112 cm³/mol. The number of benzene rings is 1. The number of nitrogens with zero attached hydrogens (tertiary/aromatic N) is 2. The molecule has 0 bridgehead atoms. The lowest BCUT2D eigenvalue weighted by atomic mass is 9.98. The smallest absolute Gasteiger partial charge is 0.258 e. The maximum atomic E-state index is 13.6. The van der Waals surface area contributed by atoms with Crippen molar-refractivity contribution in [2.24, 2.45) is 5.92 Å². The molecule has 3 aliphatic rings. The zero-order valence-corrected chi connectivity index (χ0v) is 18.0. The van der Waals surface area contributed by atoms with E-state index in [4.69, 9.17) is 14.2 Å². The molecule has 3 saturated heterocycles. The number of rotatable bonds is 5. The van der Waals surface area contributed by atoms with Gasteiger partial charge in [0.25, 0.3) is 5.91 Å². The number of hydrogen-bond donors (Lipinski definition) is 0. The van der Waals surface area contributed by atoms with Crippen LogP contribution < -0.4 is 9.47 Å². The Bertz CT molecular complexity index is 777. The molecule has 0 N–H and O–H groups in total. The van der Waals surface area contributed by atoms with E-state index in [1.165, 1.54) is 0 Å². The normalized spacial score (nSPS) is 26.3. The summed E-state index contributed by atoms with van der Waals surface area (Å²) in [6, 6.07) is 5.45. The number of ether oxygens (including phenoxy) is 3. The van der Waals surface area contributed by atoms with E-state index in [0.717, 1.165) is 45.3 Å². The fourth-order valence-corrected chi connectivity index (χ4v) is 5.14. The van der Waals surface area contributed by atoms with Crippen LogP contribution in [0.4, 0.5) is 0 Å². The zero-order valence-electron chi connectivity index (χ0n) is 18.0. The molecule has 7 nitrogen and oxygen atoms in total. The first-order valence-corrected chi connectivity index (χ1v) is 11.0. The third-order valence-electron chi connectivity index (χ3n) is 6.70. The maximum Gasteiger partial charge on any atom is 0.258 e. The quantitative estimate of drug-likeness (QED) is 0.738. The van der Waals surface area contributed by atoms with Crippen LogP contribution in [0.1, 0.15) is 48.9 Å². The molecule has 4 rings (SSSR count). The molecule has 164 valence electrons. The second-order valence-electron chi connectivity index (χ2n) is 8.50. The van der Waals surface area contributed by atoms with Gasteiger partial charge in [-0.2, -0.15) is 0 Å². The van der Waals surface area contributed by atoms with Crippen molar-refractivity contribution >= 4 is 11.8 Å². The molecule has 3 aliphatic heterocycles. The standard InChI is InChI=1S/C23H32N2O5/c1-28-20-10-5-9-18(22(20)29-2)23(27)25-11-4-3-7-16-14-24(15-19(16)25)21(26)13-17-8-6-12-30-17/h5,9-10,16-17,19H,3-4,6-8,11-15H2,1-2H3/t16-,17+,19-/m1/s1. The largest absolute Gasteiger partial charge is 0.493 e. The van der Waals surface area contributed by atoms with Crippen LogP contribution in [0, 0.1) is 5.92 Å². The highest BCUT2D eigenvalue weighted by Crippen LogP contribution is 2.35. The molecular formula is C23H32N2O5. The minimum atomic E-state index is -0.0453. The number of fused-ring (bicyclic) bond motifs is 1. The van der Waals surface area contributed by atoms with Gasteiger partial charge >= 0.3 is 0 Å². The number of para-hydroxylation sites is 1. The van der Waals surface area contributed by atoms with Crippen molar-refractivity contribution in [1.29, 1.82) is 0 Å². The van der Waals surface area contributed by atoms with Gasteiger partial charge in [-0.05, 0) is 43.7 Å². The molecule has 2 amide bonds. The Morgan fingerprint density at radius 3 is 2.70 bits per heavy atom. The zero-order chi connectivity index (χ0) is 21.1. The van der Waals surface area contributed by atoms with E-state index in [2.05, 4.69) is 0 Å². The van der Waals surface area contributed by atoms with Gasteiger partial charge in [0.2, 0.25) is 5.91 Å². The fourth-order valence-electron chi connectivity index (χ4n) is 5.14. The van der Waals surface area contributed by atoms with E-state index in [-0.39, 0.29) is 24.0 Å². The summed E-state index contributed by atoms with van der Waals surface area (Å²) in [6.07, 6.45) is 5.62. The van der Waals surface area contributed by atoms with E-state index < -0.39 is 0 Å². The van der Waals surface area contributed by atoms with Crippen LogP contribution in [0.5, 0.6) is 11.5 Å². The van der Waals surface area contributed by atoms with Gasteiger partial charge in [-0.15, -0.1) is 0 Å². The topological polar surface area (TPSA) is 68.3 Å². The van der Waals surface area contributed by atoms with Crippen LogP contribution in [0.3, 0.4) is 0 Å². The van der Waals surface area contributed by atoms with Gasteiger partial charge in [-0.3, -0.25) is 9.59 Å². The molecule has 0 aromatic heterocycles. The summed E-state index contributed by atoms with van der Waals surface area (Å²) in [7, 11) is 3.13. The SMILES string of the molecule is COc1cccc(C(=O)N2CCCC[C@@H]3CN(C(=O)C[C@@H]4CCCO4)C[C@H]32)c1OC. The molecule has 1 aromatic carbocycles. The summed E-state index contributed by atoms with van der Waals surface area (Å²) in [6.45, 7) is 2.80. The lowest BCUT2D eigenvalue weighted by Gasteiger charge is -2.31. The number of likely N-dealkylation sites (tertiary alicyclic amines) is 2. The van der Waals surface area contributed by atoms with Crippen LogP contribution in [0.2, 0.25) is 0 Å². The minimum Gasteiger partial charge on any atom is -0.493 e. The van der Waals surface area contributed by atoms with Gasteiger partial charge in [0, 0.05) is 26.2 Å². The first-order chi connectivity index (χ1) is 14.6. The molecule has 3 fully saturated rings. The summed E-state index contributed by atoms with van der Waals surface area (Å²) in [5.74, 6) is 1.45. The van der Waals surface area contributed by atoms with Gasteiger partial charge in [0.15, 0.2) is 11.5 Å². The van der Waals surface area contributed by atoms with Crippen molar-refractivity contribution in [2.75, 3.05) is 40.5 Å². The van der Waals surface area contributed by atoms with Crippen LogP contribution >= 0.6 is 0 Å². The highest BCUT2D eigenvalue weighted by molar-refractivity contribution is 5.98. The average molecular weight is 417 g/mol. The van der Waals surface area contributed by atoms with Crippen LogP contribution in [0.15, 0.2) is 18.2 Å². The van der Waals surface area contributed by atoms with E-state index >= 15 is 0 Å². The molecule has 3 heterocycles. The lowest BCUT2D eigenvalue weighted by Crippen LogP contribution is -2.45. The fraction of sp³-hybridized carbons (Fsp3) is 0.652. The first-order valence-electron chi connectivity index (χ1n) is 11.0. The molecule has 30 heavy (non-hydrogen) atoms. The first kappa shape index (κ1) is 21.0. The van der Waals surface area contributed by atoms with Crippen molar-refractivity contribution in [3.63, 3.8) is 0 Å². The minimum absolute atomic E-state index is 0.0453. The summed E-state index contributed by atoms with van der Waals surface area (Å²) >= 11 is 0. The Hall–Kier alpha value is -2.28. The molecule has 0 spiro atoms. The average Bonchev–Trinajstić information content (AvgIpc) is 3.39. The van der Waals surface area contributed by atoms with Crippen molar-refractivity contribution in [3.8, 4) is 11.5 Å². The Morgan fingerprint density at radius 2 is 1.97 bits per heavy atom. The Balaban J connectivity index is 1.52. The predicted octanol–water partition coefficient (Wildman–Crippen LogP) is 2.73. The van der Waals surface area contributed by atoms with Gasteiger partial charge in [0.1, 0.15) is 0 Å².